The van der Waals surface area contributed by atoms with E-state index in [0.29, 0.717) is 10.4 Å². The molecule has 114 valence electrons. The van der Waals surface area contributed by atoms with E-state index in [-0.39, 0.29) is 17.4 Å². The monoisotopic (exact) mass is 355 g/mol. The van der Waals surface area contributed by atoms with Gasteiger partial charge >= 0.3 is 5.97 Å². The minimum Gasteiger partial charge on any atom is -0.459 e. The maximum absolute atomic E-state index is 12.1. The molecule has 2 unspecified atom stereocenters. The molecule has 1 aliphatic carbocycles. The van der Waals surface area contributed by atoms with Gasteiger partial charge in [-0.2, -0.15) is 0 Å². The molecule has 1 fully saturated rings. The first-order valence-electron chi connectivity index (χ1n) is 7.16. The Morgan fingerprint density at radius 2 is 2.24 bits per heavy atom. The lowest BCUT2D eigenvalue weighted by Crippen LogP contribution is -2.25. The van der Waals surface area contributed by atoms with Gasteiger partial charge in [0.2, 0.25) is 0 Å². The highest BCUT2D eigenvalue weighted by molar-refractivity contribution is 9.10. The van der Waals surface area contributed by atoms with Crippen LogP contribution in [-0.2, 0) is 4.74 Å². The van der Waals surface area contributed by atoms with Gasteiger partial charge in [-0.1, -0.05) is 19.8 Å². The lowest BCUT2D eigenvalue weighted by atomic mass is 9.85. The van der Waals surface area contributed by atoms with Gasteiger partial charge < -0.3 is 4.74 Å². The Balaban J connectivity index is 2.06. The molecular formula is C15H18BrNO4. The molecule has 0 aromatic heterocycles. The predicted octanol–water partition coefficient (Wildman–Crippen LogP) is 4.48. The molecule has 2 rings (SSSR count). The van der Waals surface area contributed by atoms with Crippen molar-refractivity contribution in [3.8, 4) is 0 Å². The first-order chi connectivity index (χ1) is 10.0. The number of ether oxygens (including phenoxy) is 1. The van der Waals surface area contributed by atoms with E-state index in [9.17, 15) is 14.9 Å². The van der Waals surface area contributed by atoms with Crippen molar-refractivity contribution in [1.29, 1.82) is 0 Å². The largest absolute Gasteiger partial charge is 0.459 e. The van der Waals surface area contributed by atoms with Crippen LogP contribution >= 0.6 is 15.9 Å². The Morgan fingerprint density at radius 1 is 1.48 bits per heavy atom. The molecule has 0 spiro atoms. The molecule has 0 N–H and O–H groups in total. The van der Waals surface area contributed by atoms with Crippen LogP contribution in [-0.4, -0.2) is 17.0 Å². The molecule has 0 heterocycles. The minimum absolute atomic E-state index is 0.0705. The number of benzene rings is 1. The Labute approximate surface area is 132 Å². The summed E-state index contributed by atoms with van der Waals surface area (Å²) in [5.74, 6) is 0.128. The quantitative estimate of drug-likeness (QED) is 0.453. The Hall–Kier alpha value is -1.43. The van der Waals surface area contributed by atoms with E-state index in [2.05, 4.69) is 22.9 Å². The standard InChI is InChI=1S/C15H18BrNO4/c1-2-10-4-3-5-12(8-10)21-15(18)11-6-7-13(16)14(9-11)17(19)20/h6-7,9-10,12H,2-5,8H2,1H3. The molecule has 1 aromatic carbocycles. The van der Waals surface area contributed by atoms with Gasteiger partial charge in [-0.05, 0) is 53.2 Å². The summed E-state index contributed by atoms with van der Waals surface area (Å²) >= 11 is 3.10. The third-order valence-electron chi connectivity index (χ3n) is 3.96. The van der Waals surface area contributed by atoms with Gasteiger partial charge in [-0.3, -0.25) is 10.1 Å². The maximum Gasteiger partial charge on any atom is 0.338 e. The van der Waals surface area contributed by atoms with E-state index < -0.39 is 10.9 Å². The van der Waals surface area contributed by atoms with Gasteiger partial charge in [0, 0.05) is 6.07 Å². The number of halogens is 1. The predicted molar refractivity (Wildman–Crippen MR) is 82.2 cm³/mol. The fourth-order valence-electron chi connectivity index (χ4n) is 2.72. The Bertz CT molecular complexity index is 546. The summed E-state index contributed by atoms with van der Waals surface area (Å²) in [5, 5.41) is 10.9. The van der Waals surface area contributed by atoms with Gasteiger partial charge in [-0.25, -0.2) is 4.79 Å². The molecule has 2 atom stereocenters. The van der Waals surface area contributed by atoms with Gasteiger partial charge in [0.15, 0.2) is 0 Å². The summed E-state index contributed by atoms with van der Waals surface area (Å²) in [4.78, 5) is 22.5. The zero-order valence-corrected chi connectivity index (χ0v) is 13.5. The van der Waals surface area contributed by atoms with E-state index in [1.165, 1.54) is 18.6 Å². The topological polar surface area (TPSA) is 69.4 Å². The fraction of sp³-hybridized carbons (Fsp3) is 0.533. The molecule has 6 heteroatoms. The zero-order chi connectivity index (χ0) is 15.4. The summed E-state index contributed by atoms with van der Waals surface area (Å²) in [6.45, 7) is 2.15. The number of rotatable bonds is 4. The van der Waals surface area contributed by atoms with Crippen LogP contribution in [0.2, 0.25) is 0 Å². The van der Waals surface area contributed by atoms with E-state index in [1.54, 1.807) is 6.07 Å². The summed E-state index contributed by atoms with van der Waals surface area (Å²) < 4.78 is 5.86. The SMILES string of the molecule is CCC1CCCC(OC(=O)c2ccc(Br)c([N+](=O)[O-])c2)C1. The van der Waals surface area contributed by atoms with Gasteiger partial charge in [-0.15, -0.1) is 0 Å². The molecule has 5 nitrogen and oxygen atoms in total. The second-order valence-electron chi connectivity index (χ2n) is 5.39. The van der Waals surface area contributed by atoms with Crippen molar-refractivity contribution in [2.24, 2.45) is 5.92 Å². The smallest absolute Gasteiger partial charge is 0.338 e. The highest BCUT2D eigenvalue weighted by Gasteiger charge is 2.25. The van der Waals surface area contributed by atoms with Crippen LogP contribution in [0.3, 0.4) is 0 Å². The molecule has 1 saturated carbocycles. The molecule has 0 radical (unpaired) electrons. The first-order valence-corrected chi connectivity index (χ1v) is 7.95. The Kier molecular flexibility index (Phi) is 5.33. The Morgan fingerprint density at radius 3 is 2.90 bits per heavy atom. The van der Waals surface area contributed by atoms with E-state index in [0.717, 1.165) is 25.7 Å². The number of esters is 1. The second-order valence-corrected chi connectivity index (χ2v) is 6.25. The first kappa shape index (κ1) is 15.9. The average molecular weight is 356 g/mol. The van der Waals surface area contributed by atoms with Crippen molar-refractivity contribution < 1.29 is 14.5 Å². The van der Waals surface area contributed by atoms with Crippen LogP contribution in [0.4, 0.5) is 5.69 Å². The van der Waals surface area contributed by atoms with Gasteiger partial charge in [0.05, 0.1) is 15.0 Å². The van der Waals surface area contributed by atoms with E-state index in [1.807, 2.05) is 0 Å². The number of nitro benzene ring substituents is 1. The van der Waals surface area contributed by atoms with Crippen molar-refractivity contribution in [3.05, 3.63) is 38.3 Å². The normalized spacial score (nSPS) is 21.8. The van der Waals surface area contributed by atoms with Crippen molar-refractivity contribution in [2.45, 2.75) is 45.1 Å². The molecule has 0 amide bonds. The summed E-state index contributed by atoms with van der Waals surface area (Å²) in [6, 6.07) is 4.30. The lowest BCUT2D eigenvalue weighted by Gasteiger charge is -2.28. The molecule has 21 heavy (non-hydrogen) atoms. The highest BCUT2D eigenvalue weighted by Crippen LogP contribution is 2.30. The minimum atomic E-state index is -0.519. The maximum atomic E-state index is 12.1. The van der Waals surface area contributed by atoms with E-state index >= 15 is 0 Å². The number of nitro groups is 1. The van der Waals surface area contributed by atoms with Crippen LogP contribution < -0.4 is 0 Å². The average Bonchev–Trinajstić information content (AvgIpc) is 2.47. The second kappa shape index (κ2) is 7.02. The molecule has 1 aliphatic rings. The van der Waals surface area contributed by atoms with Crippen LogP contribution in [0, 0.1) is 16.0 Å². The molecular weight excluding hydrogens is 338 g/mol. The van der Waals surface area contributed by atoms with E-state index in [4.69, 9.17) is 4.74 Å². The van der Waals surface area contributed by atoms with Crippen molar-refractivity contribution in [1.82, 2.24) is 0 Å². The number of nitrogens with zero attached hydrogens (tertiary/aromatic N) is 1. The van der Waals surface area contributed by atoms with Crippen LogP contribution in [0.1, 0.15) is 49.4 Å². The third-order valence-corrected chi connectivity index (χ3v) is 4.63. The number of hydrogen-bond acceptors (Lipinski definition) is 4. The molecule has 1 aromatic rings. The molecule has 0 saturated heterocycles. The number of hydrogen-bond donors (Lipinski definition) is 0. The van der Waals surface area contributed by atoms with Crippen LogP contribution in [0.5, 0.6) is 0 Å². The number of carbonyl (C=O) groups excluding carboxylic acids is 1. The highest BCUT2D eigenvalue weighted by atomic mass is 79.9. The summed E-state index contributed by atoms with van der Waals surface area (Å²) in [6.07, 6.45) is 5.05. The van der Waals surface area contributed by atoms with Crippen LogP contribution in [0.15, 0.2) is 22.7 Å². The van der Waals surface area contributed by atoms with Crippen molar-refractivity contribution >= 4 is 27.6 Å². The number of carbonyl (C=O) groups is 1. The van der Waals surface area contributed by atoms with Crippen molar-refractivity contribution in [3.63, 3.8) is 0 Å². The van der Waals surface area contributed by atoms with Gasteiger partial charge in [0.1, 0.15) is 6.10 Å². The summed E-state index contributed by atoms with van der Waals surface area (Å²) in [5.41, 5.74) is 0.100. The zero-order valence-electron chi connectivity index (χ0n) is 11.9. The van der Waals surface area contributed by atoms with Crippen LogP contribution in [0.25, 0.3) is 0 Å². The third kappa shape index (κ3) is 4.03. The summed E-state index contributed by atoms with van der Waals surface area (Å²) in [7, 11) is 0. The molecule has 0 bridgehead atoms. The fourth-order valence-corrected chi connectivity index (χ4v) is 3.11. The lowest BCUT2D eigenvalue weighted by molar-refractivity contribution is -0.385. The van der Waals surface area contributed by atoms with Gasteiger partial charge in [0.25, 0.3) is 5.69 Å². The van der Waals surface area contributed by atoms with Crippen molar-refractivity contribution in [2.75, 3.05) is 0 Å². The molecule has 0 aliphatic heterocycles.